The van der Waals surface area contributed by atoms with E-state index in [1.807, 2.05) is 21.9 Å². The zero-order valence-electron chi connectivity index (χ0n) is 18.4. The number of rotatable bonds is 6. The topological polar surface area (TPSA) is 78.7 Å². The number of benzene rings is 1. The van der Waals surface area contributed by atoms with Gasteiger partial charge in [0.1, 0.15) is 17.5 Å². The molecule has 4 heterocycles. The van der Waals surface area contributed by atoms with Gasteiger partial charge in [-0.2, -0.15) is 0 Å². The fourth-order valence-electron chi connectivity index (χ4n) is 5.23. The minimum Gasteiger partial charge on any atom is -0.480 e. The van der Waals surface area contributed by atoms with Crippen molar-refractivity contribution in [3.63, 3.8) is 0 Å². The van der Waals surface area contributed by atoms with E-state index in [1.54, 1.807) is 12.3 Å². The first-order chi connectivity index (χ1) is 16.0. The van der Waals surface area contributed by atoms with Gasteiger partial charge in [-0.1, -0.05) is 12.1 Å². The third-order valence-electron chi connectivity index (χ3n) is 6.86. The number of hydrogen-bond donors (Lipinski definition) is 1. The normalized spacial score (nSPS) is 18.6. The summed E-state index contributed by atoms with van der Waals surface area (Å²) in [6.45, 7) is 2.77. The van der Waals surface area contributed by atoms with E-state index in [4.69, 9.17) is 0 Å². The highest BCUT2D eigenvalue weighted by Gasteiger charge is 2.32. The summed E-state index contributed by atoms with van der Waals surface area (Å²) < 4.78 is 15.9. The number of pyridine rings is 1. The largest absolute Gasteiger partial charge is 0.480 e. The number of likely N-dealkylation sites (tertiary alicyclic amines) is 1. The molecule has 1 fully saturated rings. The third kappa shape index (κ3) is 4.23. The van der Waals surface area contributed by atoms with E-state index in [2.05, 4.69) is 15.6 Å². The number of carboxylic acids is 1. The Labute approximate surface area is 191 Å². The van der Waals surface area contributed by atoms with Gasteiger partial charge >= 0.3 is 5.97 Å². The quantitative estimate of drug-likeness (QED) is 0.625. The standard InChI is InChI=1S/C25H27FN4O3/c26-18-5-1-4-17(14-18)15-30-22-16-29(12-8-19(22)20-6-2-10-27-24(20)30)23(31)9-13-28-11-3-7-21(28)25(32)33/h1-2,4-6,10,14,21H,3,7-9,11-13,15-16H2,(H,32,33)/t21-/m0/s1. The summed E-state index contributed by atoms with van der Waals surface area (Å²) in [4.78, 5) is 32.8. The highest BCUT2D eigenvalue weighted by molar-refractivity contribution is 5.84. The number of amides is 1. The number of nitrogens with zero attached hydrogens (tertiary/aromatic N) is 4. The molecule has 0 spiro atoms. The molecule has 3 aromatic rings. The van der Waals surface area contributed by atoms with Crippen LogP contribution in [0.25, 0.3) is 11.0 Å². The van der Waals surface area contributed by atoms with Crippen LogP contribution in [0.2, 0.25) is 0 Å². The summed E-state index contributed by atoms with van der Waals surface area (Å²) in [5.41, 5.74) is 3.93. The molecule has 2 aliphatic heterocycles. The fourth-order valence-corrected chi connectivity index (χ4v) is 5.23. The summed E-state index contributed by atoms with van der Waals surface area (Å²) >= 11 is 0. The SMILES string of the molecule is O=C(O)[C@@H]1CCCN1CCC(=O)N1CCc2c(n(Cc3cccc(F)c3)c3ncccc23)C1. The van der Waals surface area contributed by atoms with E-state index in [1.165, 1.54) is 17.7 Å². The molecule has 1 amide bonds. The monoisotopic (exact) mass is 450 g/mol. The molecule has 1 aromatic carbocycles. The average Bonchev–Trinajstić information content (AvgIpc) is 3.41. The Hall–Kier alpha value is -3.26. The number of halogens is 1. The van der Waals surface area contributed by atoms with Gasteiger partial charge in [0.2, 0.25) is 5.91 Å². The first kappa shape index (κ1) is 21.6. The zero-order valence-corrected chi connectivity index (χ0v) is 18.4. The summed E-state index contributed by atoms with van der Waals surface area (Å²) in [6.07, 6.45) is 4.30. The van der Waals surface area contributed by atoms with Crippen molar-refractivity contribution < 1.29 is 19.1 Å². The lowest BCUT2D eigenvalue weighted by Gasteiger charge is -2.30. The highest BCUT2D eigenvalue weighted by Crippen LogP contribution is 2.31. The average molecular weight is 451 g/mol. The van der Waals surface area contributed by atoms with E-state index >= 15 is 0 Å². The number of aromatic nitrogens is 2. The lowest BCUT2D eigenvalue weighted by atomic mass is 10.0. The van der Waals surface area contributed by atoms with E-state index < -0.39 is 12.0 Å². The van der Waals surface area contributed by atoms with Crippen molar-refractivity contribution in [1.82, 2.24) is 19.4 Å². The van der Waals surface area contributed by atoms with Crippen LogP contribution in [0.5, 0.6) is 0 Å². The number of fused-ring (bicyclic) bond motifs is 3. The van der Waals surface area contributed by atoms with Crippen LogP contribution in [-0.2, 0) is 29.1 Å². The van der Waals surface area contributed by atoms with Crippen molar-refractivity contribution in [2.75, 3.05) is 19.6 Å². The second-order valence-electron chi connectivity index (χ2n) is 8.86. The number of aliphatic carboxylic acids is 1. The molecule has 5 rings (SSSR count). The fraction of sp³-hybridized carbons (Fsp3) is 0.400. The molecule has 0 unspecified atom stereocenters. The van der Waals surface area contributed by atoms with Crippen LogP contribution >= 0.6 is 0 Å². The molecule has 7 nitrogen and oxygen atoms in total. The van der Waals surface area contributed by atoms with Crippen LogP contribution in [0.3, 0.4) is 0 Å². The molecule has 0 aliphatic carbocycles. The second-order valence-corrected chi connectivity index (χ2v) is 8.86. The Morgan fingerprint density at radius 1 is 1.18 bits per heavy atom. The predicted molar refractivity (Wildman–Crippen MR) is 121 cm³/mol. The van der Waals surface area contributed by atoms with Gasteiger partial charge in [-0.05, 0) is 61.2 Å². The second kappa shape index (κ2) is 8.94. The first-order valence-corrected chi connectivity index (χ1v) is 11.5. The molecular formula is C25H27FN4O3. The zero-order chi connectivity index (χ0) is 22.9. The molecule has 1 saturated heterocycles. The number of carbonyl (C=O) groups is 2. The van der Waals surface area contributed by atoms with Gasteiger partial charge in [-0.3, -0.25) is 14.5 Å². The maximum atomic E-state index is 13.8. The Balaban J connectivity index is 1.36. The number of carbonyl (C=O) groups excluding carboxylic acids is 1. The van der Waals surface area contributed by atoms with Gasteiger partial charge in [-0.25, -0.2) is 9.37 Å². The van der Waals surface area contributed by atoms with Gasteiger partial charge in [0.05, 0.1) is 6.54 Å². The molecule has 8 heteroatoms. The number of carboxylic acid groups (broad SMARTS) is 1. The summed E-state index contributed by atoms with van der Waals surface area (Å²) in [7, 11) is 0. The molecule has 1 atom stereocenters. The van der Waals surface area contributed by atoms with Crippen molar-refractivity contribution in [1.29, 1.82) is 0 Å². The van der Waals surface area contributed by atoms with Gasteiger partial charge in [-0.15, -0.1) is 0 Å². The molecular weight excluding hydrogens is 423 g/mol. The van der Waals surface area contributed by atoms with Crippen molar-refractivity contribution in [2.24, 2.45) is 0 Å². The van der Waals surface area contributed by atoms with E-state index in [0.717, 1.165) is 41.7 Å². The van der Waals surface area contributed by atoms with Crippen molar-refractivity contribution >= 4 is 22.9 Å². The minimum absolute atomic E-state index is 0.0345. The summed E-state index contributed by atoms with van der Waals surface area (Å²) in [5.74, 6) is -1.05. The van der Waals surface area contributed by atoms with Gasteiger partial charge < -0.3 is 14.6 Å². The first-order valence-electron chi connectivity index (χ1n) is 11.5. The van der Waals surface area contributed by atoms with Crippen molar-refractivity contribution in [3.8, 4) is 0 Å². The molecule has 33 heavy (non-hydrogen) atoms. The van der Waals surface area contributed by atoms with Crippen LogP contribution in [0.1, 0.15) is 36.1 Å². The van der Waals surface area contributed by atoms with E-state index in [0.29, 0.717) is 39.0 Å². The number of hydrogen-bond acceptors (Lipinski definition) is 4. The van der Waals surface area contributed by atoms with Gasteiger partial charge in [0.25, 0.3) is 0 Å². The Bertz CT molecular complexity index is 1210. The van der Waals surface area contributed by atoms with Crippen LogP contribution in [0, 0.1) is 5.82 Å². The van der Waals surface area contributed by atoms with Crippen LogP contribution in [-0.4, -0.2) is 62.0 Å². The molecule has 172 valence electrons. The molecule has 0 saturated carbocycles. The van der Waals surface area contributed by atoms with E-state index in [9.17, 15) is 19.1 Å². The van der Waals surface area contributed by atoms with Gasteiger partial charge in [0.15, 0.2) is 0 Å². The van der Waals surface area contributed by atoms with Crippen LogP contribution in [0.15, 0.2) is 42.6 Å². The molecule has 2 aromatic heterocycles. The molecule has 2 aliphatic rings. The van der Waals surface area contributed by atoms with Crippen LogP contribution in [0.4, 0.5) is 4.39 Å². The smallest absolute Gasteiger partial charge is 0.320 e. The molecule has 0 bridgehead atoms. The van der Waals surface area contributed by atoms with Crippen LogP contribution < -0.4 is 0 Å². The van der Waals surface area contributed by atoms with Crippen molar-refractivity contribution in [2.45, 2.75) is 44.8 Å². The van der Waals surface area contributed by atoms with Crippen molar-refractivity contribution in [3.05, 3.63) is 65.2 Å². The molecule has 1 N–H and O–H groups in total. The van der Waals surface area contributed by atoms with Gasteiger partial charge in [0, 0.05) is 43.3 Å². The maximum absolute atomic E-state index is 13.8. The molecule has 0 radical (unpaired) electrons. The lowest BCUT2D eigenvalue weighted by molar-refractivity contribution is -0.143. The van der Waals surface area contributed by atoms with E-state index in [-0.39, 0.29) is 11.7 Å². The predicted octanol–water partition coefficient (Wildman–Crippen LogP) is 3.05. The Morgan fingerprint density at radius 2 is 2.06 bits per heavy atom. The summed E-state index contributed by atoms with van der Waals surface area (Å²) in [5, 5.41) is 10.5. The minimum atomic E-state index is -0.808. The maximum Gasteiger partial charge on any atom is 0.320 e. The lowest BCUT2D eigenvalue weighted by Crippen LogP contribution is -2.41. The summed E-state index contributed by atoms with van der Waals surface area (Å²) in [6, 6.07) is 10.1. The Morgan fingerprint density at radius 3 is 2.88 bits per heavy atom. The Kier molecular flexibility index (Phi) is 5.85. The third-order valence-corrected chi connectivity index (χ3v) is 6.86. The highest BCUT2D eigenvalue weighted by atomic mass is 19.1.